The summed E-state index contributed by atoms with van der Waals surface area (Å²) < 4.78 is 67.2. The molecule has 0 spiro atoms. The van der Waals surface area contributed by atoms with E-state index in [0.717, 1.165) is 36.0 Å². The minimum Gasteiger partial charge on any atom is -0.346 e. The van der Waals surface area contributed by atoms with E-state index < -0.39 is 23.4 Å². The van der Waals surface area contributed by atoms with Gasteiger partial charge in [0.1, 0.15) is 0 Å². The maximum atomic E-state index is 13.6. The van der Waals surface area contributed by atoms with Crippen LogP contribution in [-0.2, 0) is 25.8 Å². The molecular weight excluding hydrogens is 411 g/mol. The van der Waals surface area contributed by atoms with Gasteiger partial charge in [0.05, 0.1) is 5.56 Å². The van der Waals surface area contributed by atoms with Crippen molar-refractivity contribution in [3.63, 3.8) is 0 Å². The molecule has 3 aromatic rings. The van der Waals surface area contributed by atoms with Gasteiger partial charge in [-0.1, -0.05) is 32.0 Å². The van der Waals surface area contributed by atoms with E-state index in [2.05, 4.69) is 18.7 Å². The molecule has 2 aromatic carbocycles. The average molecular weight is 436 g/mol. The Labute approximate surface area is 178 Å². The molecule has 0 radical (unpaired) electrons. The van der Waals surface area contributed by atoms with Crippen molar-refractivity contribution in [1.29, 1.82) is 0 Å². The molecule has 0 N–H and O–H groups in total. The van der Waals surface area contributed by atoms with Crippen LogP contribution in [0, 0.1) is 17.6 Å². The lowest BCUT2D eigenvalue weighted by Crippen LogP contribution is -2.28. The first kappa shape index (κ1) is 23.0. The minimum atomic E-state index is -4.35. The zero-order valence-corrected chi connectivity index (χ0v) is 17.5. The third-order valence-corrected chi connectivity index (χ3v) is 4.96. The van der Waals surface area contributed by atoms with Crippen LogP contribution in [0.25, 0.3) is 0 Å². The highest BCUT2D eigenvalue weighted by molar-refractivity contribution is 5.25. The van der Waals surface area contributed by atoms with Gasteiger partial charge < -0.3 is 4.57 Å². The quantitative estimate of drug-likeness (QED) is 0.366. The van der Waals surface area contributed by atoms with E-state index in [9.17, 15) is 22.0 Å². The molecular formula is C24H25F5N2. The predicted molar refractivity (Wildman–Crippen MR) is 110 cm³/mol. The Morgan fingerprint density at radius 3 is 2.16 bits per heavy atom. The summed E-state index contributed by atoms with van der Waals surface area (Å²) in [7, 11) is 0. The molecule has 0 fully saturated rings. The highest BCUT2D eigenvalue weighted by Crippen LogP contribution is 2.29. The van der Waals surface area contributed by atoms with E-state index >= 15 is 0 Å². The molecule has 2 nitrogen and oxygen atoms in total. The molecule has 31 heavy (non-hydrogen) atoms. The van der Waals surface area contributed by atoms with Crippen molar-refractivity contribution < 1.29 is 22.0 Å². The third-order valence-electron chi connectivity index (χ3n) is 4.96. The number of hydrogen-bond acceptors (Lipinski definition) is 1. The number of alkyl halides is 3. The normalized spacial score (nSPS) is 12.2. The van der Waals surface area contributed by atoms with Crippen LogP contribution in [-0.4, -0.2) is 16.0 Å². The first-order valence-electron chi connectivity index (χ1n) is 10.1. The van der Waals surface area contributed by atoms with E-state index in [4.69, 9.17) is 0 Å². The number of rotatable bonds is 8. The highest BCUT2D eigenvalue weighted by atomic mass is 19.4. The van der Waals surface area contributed by atoms with Gasteiger partial charge in [0.25, 0.3) is 0 Å². The zero-order valence-electron chi connectivity index (χ0n) is 17.5. The predicted octanol–water partition coefficient (Wildman–Crippen LogP) is 6.49. The van der Waals surface area contributed by atoms with Gasteiger partial charge in [-0.15, -0.1) is 0 Å². The Morgan fingerprint density at radius 2 is 1.55 bits per heavy atom. The van der Waals surface area contributed by atoms with Gasteiger partial charge in [0.15, 0.2) is 11.6 Å². The zero-order chi connectivity index (χ0) is 22.6. The van der Waals surface area contributed by atoms with Crippen molar-refractivity contribution in [3.05, 3.63) is 94.8 Å². The van der Waals surface area contributed by atoms with Crippen molar-refractivity contribution in [2.75, 3.05) is 6.54 Å². The summed E-state index contributed by atoms with van der Waals surface area (Å²) in [4.78, 5) is 2.15. The average Bonchev–Trinajstić information content (AvgIpc) is 3.10. The first-order valence-corrected chi connectivity index (χ1v) is 10.1. The van der Waals surface area contributed by atoms with Crippen LogP contribution >= 0.6 is 0 Å². The van der Waals surface area contributed by atoms with Crippen LogP contribution in [0.3, 0.4) is 0 Å². The number of nitrogens with zero attached hydrogens (tertiary/aromatic N) is 2. The maximum Gasteiger partial charge on any atom is 0.416 e. The fraction of sp³-hybridized carbons (Fsp3) is 0.333. The summed E-state index contributed by atoms with van der Waals surface area (Å²) >= 11 is 0. The number of benzene rings is 2. The molecule has 1 heterocycles. The number of halogens is 5. The number of hydrogen-bond donors (Lipinski definition) is 0. The molecule has 0 aliphatic carbocycles. The topological polar surface area (TPSA) is 8.17 Å². The summed E-state index contributed by atoms with van der Waals surface area (Å²) in [5.74, 6) is -1.37. The smallest absolute Gasteiger partial charge is 0.346 e. The maximum absolute atomic E-state index is 13.6. The Hall–Kier alpha value is -2.67. The van der Waals surface area contributed by atoms with E-state index in [1.807, 2.05) is 22.9 Å². The largest absolute Gasteiger partial charge is 0.416 e. The van der Waals surface area contributed by atoms with Gasteiger partial charge in [-0.05, 0) is 53.4 Å². The molecule has 0 amide bonds. The minimum absolute atomic E-state index is 0.364. The molecule has 166 valence electrons. The van der Waals surface area contributed by atoms with Gasteiger partial charge in [-0.3, -0.25) is 4.90 Å². The van der Waals surface area contributed by atoms with Crippen LogP contribution < -0.4 is 0 Å². The van der Waals surface area contributed by atoms with Crippen LogP contribution in [0.1, 0.15) is 36.2 Å². The summed E-state index contributed by atoms with van der Waals surface area (Å²) in [5, 5.41) is 0. The van der Waals surface area contributed by atoms with Gasteiger partial charge in [-0.2, -0.15) is 13.2 Å². The van der Waals surface area contributed by atoms with E-state index in [-0.39, 0.29) is 0 Å². The van der Waals surface area contributed by atoms with Gasteiger partial charge >= 0.3 is 6.18 Å². The Kier molecular flexibility index (Phi) is 7.15. The van der Waals surface area contributed by atoms with Crippen molar-refractivity contribution >= 4 is 0 Å². The first-order chi connectivity index (χ1) is 14.6. The highest BCUT2D eigenvalue weighted by Gasteiger charge is 2.29. The molecule has 0 aliphatic rings. The SMILES string of the molecule is CC(C)CN(Cc1ccc(F)c(F)c1)Cc1cccn1Cc1ccc(C(F)(F)F)cc1. The molecule has 0 saturated carbocycles. The lowest BCUT2D eigenvalue weighted by molar-refractivity contribution is -0.137. The number of aromatic nitrogens is 1. The van der Waals surface area contributed by atoms with Crippen molar-refractivity contribution in [2.24, 2.45) is 5.92 Å². The second-order valence-corrected chi connectivity index (χ2v) is 8.13. The van der Waals surface area contributed by atoms with Gasteiger partial charge in [-0.25, -0.2) is 8.78 Å². The van der Waals surface area contributed by atoms with E-state index in [1.54, 1.807) is 6.07 Å². The lowest BCUT2D eigenvalue weighted by atomic mass is 10.1. The lowest BCUT2D eigenvalue weighted by Gasteiger charge is -2.25. The van der Waals surface area contributed by atoms with Gasteiger partial charge in [0, 0.05) is 38.1 Å². The standard InChI is InChI=1S/C24H25F5N2/c1-17(2)13-30(14-19-7-10-22(25)23(26)12-19)16-21-4-3-11-31(21)15-18-5-8-20(9-6-18)24(27,28)29/h3-12,17H,13-16H2,1-2H3. The molecule has 3 rings (SSSR count). The fourth-order valence-electron chi connectivity index (χ4n) is 3.57. The summed E-state index contributed by atoms with van der Waals surface area (Å²) in [6, 6.07) is 12.9. The summed E-state index contributed by atoms with van der Waals surface area (Å²) in [6.45, 7) is 6.40. The van der Waals surface area contributed by atoms with Gasteiger partial charge in [0.2, 0.25) is 0 Å². The van der Waals surface area contributed by atoms with E-state index in [0.29, 0.717) is 31.1 Å². The molecule has 7 heteroatoms. The molecule has 0 unspecified atom stereocenters. The van der Waals surface area contributed by atoms with Crippen LogP contribution in [0.4, 0.5) is 22.0 Å². The molecule has 1 aromatic heterocycles. The monoisotopic (exact) mass is 436 g/mol. The fourth-order valence-corrected chi connectivity index (χ4v) is 3.57. The molecule has 0 atom stereocenters. The Morgan fingerprint density at radius 1 is 0.871 bits per heavy atom. The Bertz CT molecular complexity index is 990. The second kappa shape index (κ2) is 9.64. The Balaban J connectivity index is 1.74. The van der Waals surface area contributed by atoms with Crippen molar-refractivity contribution in [3.8, 4) is 0 Å². The van der Waals surface area contributed by atoms with Crippen LogP contribution in [0.2, 0.25) is 0 Å². The van der Waals surface area contributed by atoms with Crippen LogP contribution in [0.15, 0.2) is 60.8 Å². The summed E-state index contributed by atoms with van der Waals surface area (Å²) in [6.07, 6.45) is -2.47. The molecule has 0 aliphatic heterocycles. The van der Waals surface area contributed by atoms with E-state index in [1.165, 1.54) is 18.2 Å². The summed E-state index contributed by atoms with van der Waals surface area (Å²) in [5.41, 5.74) is 1.77. The molecule has 0 bridgehead atoms. The second-order valence-electron chi connectivity index (χ2n) is 8.13. The third kappa shape index (κ3) is 6.40. The molecule has 0 saturated heterocycles. The van der Waals surface area contributed by atoms with Crippen molar-refractivity contribution in [1.82, 2.24) is 9.47 Å². The van der Waals surface area contributed by atoms with Crippen LogP contribution in [0.5, 0.6) is 0 Å². The van der Waals surface area contributed by atoms with Crippen molar-refractivity contribution in [2.45, 2.75) is 39.7 Å².